The van der Waals surface area contributed by atoms with Crippen LogP contribution >= 0.6 is 0 Å². The highest BCUT2D eigenvalue weighted by atomic mass is 19.4. The van der Waals surface area contributed by atoms with Crippen molar-refractivity contribution in [1.82, 2.24) is 19.9 Å². The Morgan fingerprint density at radius 3 is 2.44 bits per heavy atom. The third kappa shape index (κ3) is 5.52. The number of alkyl halides is 3. The molecule has 0 aromatic carbocycles. The van der Waals surface area contributed by atoms with Crippen molar-refractivity contribution in [2.75, 3.05) is 22.6 Å². The Labute approximate surface area is 207 Å². The topological polar surface area (TPSA) is 105 Å². The van der Waals surface area contributed by atoms with Gasteiger partial charge in [-0.3, -0.25) is 4.79 Å². The number of aromatic nitrogens is 4. The van der Waals surface area contributed by atoms with Crippen molar-refractivity contribution in [2.45, 2.75) is 70.8 Å². The maximum absolute atomic E-state index is 12.8. The van der Waals surface area contributed by atoms with Gasteiger partial charge >= 0.3 is 6.18 Å². The SMILES string of the molecule is C=C(OC(C)(C)C)[C@H]1C(=O)Nc2c(C)nc(N[C@H]3C[C@H](Cc4cnc(C(F)(F)F)nc4)C3)nc2N1C. The zero-order chi connectivity index (χ0) is 26.4. The van der Waals surface area contributed by atoms with Crippen LogP contribution in [-0.4, -0.2) is 50.6 Å². The van der Waals surface area contributed by atoms with E-state index < -0.39 is 23.6 Å². The van der Waals surface area contributed by atoms with Gasteiger partial charge in [0.15, 0.2) is 11.9 Å². The third-order valence-corrected chi connectivity index (χ3v) is 6.08. The lowest BCUT2D eigenvalue weighted by molar-refractivity contribution is -0.145. The first-order chi connectivity index (χ1) is 16.7. The van der Waals surface area contributed by atoms with Gasteiger partial charge in [-0.05, 0) is 58.4 Å². The molecule has 3 heterocycles. The van der Waals surface area contributed by atoms with Gasteiger partial charge in [-0.2, -0.15) is 18.2 Å². The minimum atomic E-state index is -4.54. The molecule has 1 fully saturated rings. The lowest BCUT2D eigenvalue weighted by Gasteiger charge is -2.38. The van der Waals surface area contributed by atoms with E-state index in [0.29, 0.717) is 46.8 Å². The number of halogens is 3. The summed E-state index contributed by atoms with van der Waals surface area (Å²) in [7, 11) is 1.77. The number of amides is 1. The van der Waals surface area contributed by atoms with Gasteiger partial charge in [0.05, 0.1) is 5.69 Å². The maximum Gasteiger partial charge on any atom is 0.451 e. The summed E-state index contributed by atoms with van der Waals surface area (Å²) in [6, 6.07) is -0.612. The van der Waals surface area contributed by atoms with E-state index >= 15 is 0 Å². The summed E-state index contributed by atoms with van der Waals surface area (Å²) in [5.41, 5.74) is 1.34. The molecule has 194 valence electrons. The predicted octanol–water partition coefficient (Wildman–Crippen LogP) is 4.11. The molecule has 1 aliphatic heterocycles. The molecule has 1 saturated carbocycles. The molecule has 12 heteroatoms. The summed E-state index contributed by atoms with van der Waals surface area (Å²) in [5, 5.41) is 6.21. The molecular formula is C24H30F3N7O2. The van der Waals surface area contributed by atoms with Gasteiger partial charge in [0.2, 0.25) is 11.8 Å². The Balaban J connectivity index is 1.39. The van der Waals surface area contributed by atoms with Crippen molar-refractivity contribution in [3.05, 3.63) is 41.8 Å². The Hall–Kier alpha value is -3.44. The molecule has 1 amide bonds. The Morgan fingerprint density at radius 1 is 1.22 bits per heavy atom. The van der Waals surface area contributed by atoms with E-state index in [1.807, 2.05) is 20.8 Å². The smallest absolute Gasteiger partial charge is 0.451 e. The Morgan fingerprint density at radius 2 is 1.86 bits per heavy atom. The van der Waals surface area contributed by atoms with Crippen molar-refractivity contribution in [1.29, 1.82) is 0 Å². The van der Waals surface area contributed by atoms with Crippen LogP contribution in [0.4, 0.5) is 30.6 Å². The van der Waals surface area contributed by atoms with Gasteiger partial charge in [-0.25, -0.2) is 15.0 Å². The van der Waals surface area contributed by atoms with E-state index in [9.17, 15) is 18.0 Å². The highest BCUT2D eigenvalue weighted by molar-refractivity contribution is 6.04. The maximum atomic E-state index is 12.8. The molecular weight excluding hydrogens is 475 g/mol. The molecule has 9 nitrogen and oxygen atoms in total. The highest BCUT2D eigenvalue weighted by Gasteiger charge is 2.38. The lowest BCUT2D eigenvalue weighted by Crippen LogP contribution is -2.49. The highest BCUT2D eigenvalue weighted by Crippen LogP contribution is 2.37. The second kappa shape index (κ2) is 9.21. The fourth-order valence-electron chi connectivity index (χ4n) is 4.47. The molecule has 0 unspecified atom stereocenters. The largest absolute Gasteiger partial charge is 0.490 e. The second-order valence-corrected chi connectivity index (χ2v) is 10.3. The van der Waals surface area contributed by atoms with Gasteiger partial charge in [-0.1, -0.05) is 6.58 Å². The number of likely N-dealkylation sites (N-methyl/N-ethyl adjacent to an activating group) is 1. The molecule has 2 aromatic rings. The van der Waals surface area contributed by atoms with Crippen LogP contribution in [0.25, 0.3) is 0 Å². The van der Waals surface area contributed by atoms with E-state index in [-0.39, 0.29) is 11.9 Å². The quantitative estimate of drug-likeness (QED) is 0.565. The third-order valence-electron chi connectivity index (χ3n) is 6.08. The fourth-order valence-corrected chi connectivity index (χ4v) is 4.47. The van der Waals surface area contributed by atoms with E-state index in [1.54, 1.807) is 18.9 Å². The first-order valence-corrected chi connectivity index (χ1v) is 11.7. The number of rotatable bonds is 6. The van der Waals surface area contributed by atoms with Crippen molar-refractivity contribution in [2.24, 2.45) is 5.92 Å². The molecule has 0 saturated heterocycles. The van der Waals surface area contributed by atoms with Gasteiger partial charge in [0.25, 0.3) is 5.91 Å². The van der Waals surface area contributed by atoms with Crippen LogP contribution in [0.5, 0.6) is 0 Å². The molecule has 2 aliphatic rings. The molecule has 0 bridgehead atoms. The normalized spacial score (nSPS) is 21.8. The van der Waals surface area contributed by atoms with Crippen LogP contribution in [0, 0.1) is 12.8 Å². The zero-order valence-corrected chi connectivity index (χ0v) is 20.9. The monoisotopic (exact) mass is 505 g/mol. The molecule has 1 atom stereocenters. The molecule has 2 aromatic heterocycles. The first-order valence-electron chi connectivity index (χ1n) is 11.7. The standard InChI is InChI=1S/C24H30F3N7O2/c1-12-17-19(34(6)18(20(35)32-17)13(2)36-23(3,4)5)33-22(30-12)31-16-8-14(9-16)7-15-10-28-21(29-11-15)24(25,26)27/h10-11,14,16,18H,2,7-9H2,1,3-6H3,(H,32,35)(H,30,31,33)/t14-,16-,18-/m0/s1. The van der Waals surface area contributed by atoms with Crippen LogP contribution in [0.2, 0.25) is 0 Å². The van der Waals surface area contributed by atoms with Gasteiger partial charge in [0.1, 0.15) is 17.0 Å². The number of nitrogens with zero attached hydrogens (tertiary/aromatic N) is 5. The van der Waals surface area contributed by atoms with Crippen LogP contribution in [-0.2, 0) is 22.1 Å². The number of hydrogen-bond donors (Lipinski definition) is 2. The minimum absolute atomic E-state index is 0.126. The lowest BCUT2D eigenvalue weighted by atomic mass is 9.77. The molecule has 1 aliphatic carbocycles. The first kappa shape index (κ1) is 25.6. The molecule has 0 radical (unpaired) electrons. The van der Waals surface area contributed by atoms with Crippen molar-refractivity contribution in [3.8, 4) is 0 Å². The van der Waals surface area contributed by atoms with Crippen molar-refractivity contribution >= 4 is 23.4 Å². The summed E-state index contributed by atoms with van der Waals surface area (Å²) < 4.78 is 43.8. The number of hydrogen-bond acceptors (Lipinski definition) is 8. The fraction of sp³-hybridized carbons (Fsp3) is 0.542. The van der Waals surface area contributed by atoms with E-state index in [4.69, 9.17) is 4.74 Å². The number of aryl methyl sites for hydroxylation is 1. The van der Waals surface area contributed by atoms with Crippen LogP contribution < -0.4 is 15.5 Å². The van der Waals surface area contributed by atoms with Gasteiger partial charge in [-0.15, -0.1) is 0 Å². The second-order valence-electron chi connectivity index (χ2n) is 10.3. The molecule has 36 heavy (non-hydrogen) atoms. The minimum Gasteiger partial charge on any atom is -0.490 e. The number of nitrogens with one attached hydrogen (secondary N) is 2. The average Bonchev–Trinajstić information content (AvgIpc) is 2.71. The van der Waals surface area contributed by atoms with Gasteiger partial charge < -0.3 is 20.3 Å². The Bertz CT molecular complexity index is 1160. The number of ether oxygens (including phenoxy) is 1. The van der Waals surface area contributed by atoms with E-state index in [0.717, 1.165) is 12.8 Å². The summed E-state index contributed by atoms with van der Waals surface area (Å²) in [5.74, 6) is 0.235. The summed E-state index contributed by atoms with van der Waals surface area (Å²) >= 11 is 0. The van der Waals surface area contributed by atoms with Crippen molar-refractivity contribution < 1.29 is 22.7 Å². The summed E-state index contributed by atoms with van der Waals surface area (Å²) in [6.45, 7) is 11.4. The van der Waals surface area contributed by atoms with Crippen LogP contribution in [0.15, 0.2) is 24.7 Å². The molecule has 4 rings (SSSR count). The van der Waals surface area contributed by atoms with Crippen LogP contribution in [0.3, 0.4) is 0 Å². The van der Waals surface area contributed by atoms with Crippen molar-refractivity contribution in [3.63, 3.8) is 0 Å². The zero-order valence-electron chi connectivity index (χ0n) is 20.9. The molecule has 0 spiro atoms. The summed E-state index contributed by atoms with van der Waals surface area (Å²) in [6.07, 6.45) is 0.167. The number of anilines is 3. The number of carbonyl (C=O) groups is 1. The van der Waals surface area contributed by atoms with E-state index in [1.165, 1.54) is 12.4 Å². The summed E-state index contributed by atoms with van der Waals surface area (Å²) in [4.78, 5) is 30.5. The Kier molecular flexibility index (Phi) is 6.56. The number of carbonyl (C=O) groups excluding carboxylic acids is 1. The van der Waals surface area contributed by atoms with Crippen LogP contribution in [0.1, 0.15) is 50.7 Å². The predicted molar refractivity (Wildman–Crippen MR) is 128 cm³/mol. The van der Waals surface area contributed by atoms with E-state index in [2.05, 4.69) is 37.1 Å². The molecule has 2 N–H and O–H groups in total. The average molecular weight is 506 g/mol. The van der Waals surface area contributed by atoms with Gasteiger partial charge in [0, 0.05) is 25.5 Å². The number of fused-ring (bicyclic) bond motifs is 1.